The van der Waals surface area contributed by atoms with Crippen molar-refractivity contribution in [2.45, 2.75) is 46.5 Å². The molecule has 6 rings (SSSR count). The molecule has 0 unspecified atom stereocenters. The average molecular weight is 749 g/mol. The highest BCUT2D eigenvalue weighted by Crippen LogP contribution is 2.30. The summed E-state index contributed by atoms with van der Waals surface area (Å²) in [4.78, 5) is 0. The van der Waals surface area contributed by atoms with E-state index in [1.807, 2.05) is 97.9 Å². The van der Waals surface area contributed by atoms with Crippen molar-refractivity contribution in [2.75, 3.05) is 66.1 Å². The van der Waals surface area contributed by atoms with Gasteiger partial charge in [-0.3, -0.25) is 0 Å². The van der Waals surface area contributed by atoms with Crippen molar-refractivity contribution in [3.63, 3.8) is 0 Å². The molecule has 290 valence electrons. The average Bonchev–Trinajstić information content (AvgIpc) is 3.18. The summed E-state index contributed by atoms with van der Waals surface area (Å²) in [5.41, 5.74) is 5.74. The number of hydrogen-bond acceptors (Lipinski definition) is 12. The molecular formula is C43H52N6O6. The Kier molecular flexibility index (Phi) is 14.6. The Morgan fingerprint density at radius 2 is 0.836 bits per heavy atom. The monoisotopic (exact) mass is 748 g/mol. The third kappa shape index (κ3) is 13.1. The molecule has 0 amide bonds. The van der Waals surface area contributed by atoms with Gasteiger partial charge in [0, 0.05) is 24.0 Å². The van der Waals surface area contributed by atoms with Crippen LogP contribution in [-0.2, 0) is 18.9 Å². The first kappa shape index (κ1) is 39.8. The van der Waals surface area contributed by atoms with Crippen LogP contribution in [0.15, 0.2) is 122 Å². The maximum Gasteiger partial charge on any atom is 0.119 e. The number of aryl methyl sites for hydroxylation is 1. The van der Waals surface area contributed by atoms with Crippen LogP contribution < -0.4 is 9.47 Å². The highest BCUT2D eigenvalue weighted by Gasteiger charge is 2.34. The van der Waals surface area contributed by atoms with E-state index in [9.17, 15) is 0 Å². The van der Waals surface area contributed by atoms with Gasteiger partial charge in [-0.2, -0.15) is 30.7 Å². The zero-order valence-corrected chi connectivity index (χ0v) is 32.2. The number of unbranched alkanes of at least 4 members (excludes halogenated alkanes) is 2. The fourth-order valence-corrected chi connectivity index (χ4v) is 5.66. The number of nitrogens with zero attached hydrogens (tertiary/aromatic N) is 6. The zero-order valence-electron chi connectivity index (χ0n) is 32.2. The molecular weight excluding hydrogens is 697 g/mol. The summed E-state index contributed by atoms with van der Waals surface area (Å²) in [5, 5.41) is 26.3. The lowest BCUT2D eigenvalue weighted by Crippen LogP contribution is -2.43. The van der Waals surface area contributed by atoms with E-state index in [-0.39, 0.29) is 10.8 Å². The molecule has 0 N–H and O–H groups in total. The van der Waals surface area contributed by atoms with Crippen LogP contribution in [0.2, 0.25) is 0 Å². The lowest BCUT2D eigenvalue weighted by molar-refractivity contribution is -0.138. The SMILES string of the molecule is Cc1cc(/N=N/c2ccc(OCCCCOCC3(C)COC3)cc2)ccc1/N=N/c1ccc(/N=N/c2ccc(OCCCCOCC3(C)COC3)cc2)cc1. The van der Waals surface area contributed by atoms with E-state index >= 15 is 0 Å². The van der Waals surface area contributed by atoms with Crippen LogP contribution in [0.4, 0.5) is 34.1 Å². The van der Waals surface area contributed by atoms with Crippen molar-refractivity contribution >= 4 is 34.1 Å². The second-order valence-electron chi connectivity index (χ2n) is 14.9. The van der Waals surface area contributed by atoms with E-state index in [1.54, 1.807) is 0 Å². The van der Waals surface area contributed by atoms with Gasteiger partial charge < -0.3 is 28.4 Å². The van der Waals surface area contributed by atoms with Gasteiger partial charge in [0.25, 0.3) is 0 Å². The summed E-state index contributed by atoms with van der Waals surface area (Å²) in [6.07, 6.45) is 3.80. The second-order valence-corrected chi connectivity index (χ2v) is 14.9. The number of benzene rings is 4. The summed E-state index contributed by atoms with van der Waals surface area (Å²) in [6.45, 7) is 13.8. The van der Waals surface area contributed by atoms with E-state index in [4.69, 9.17) is 28.4 Å². The Balaban J connectivity index is 0.869. The molecule has 2 fully saturated rings. The van der Waals surface area contributed by atoms with Crippen LogP contribution >= 0.6 is 0 Å². The van der Waals surface area contributed by atoms with Gasteiger partial charge in [0.1, 0.15) is 11.5 Å². The normalized spacial score (nSPS) is 16.1. The fourth-order valence-electron chi connectivity index (χ4n) is 5.66. The van der Waals surface area contributed by atoms with Crippen LogP contribution in [0.3, 0.4) is 0 Å². The standard InChI is InChI=1S/C43H52N6O6/c1-33-26-38(48-46-37-14-19-40(20-15-37)55-25-7-5-23-51-28-43(3)31-53-32-43)16-21-41(33)49-47-35-10-8-34(9-11-35)44-45-36-12-17-39(18-13-36)54-24-6-4-22-50-27-42(2)29-52-30-42/h8-21,26H,4-7,22-25,27-32H2,1-3H3/b45-44+,48-46+,49-47+. The first-order valence-electron chi connectivity index (χ1n) is 19.1. The summed E-state index contributed by atoms with van der Waals surface area (Å²) in [7, 11) is 0. The van der Waals surface area contributed by atoms with Crippen molar-refractivity contribution in [3.05, 3.63) is 96.6 Å². The number of rotatable bonds is 22. The molecule has 2 heterocycles. The molecule has 4 aromatic carbocycles. The topological polar surface area (TPSA) is 130 Å². The van der Waals surface area contributed by atoms with Crippen LogP contribution in [0.1, 0.15) is 45.1 Å². The third-order valence-electron chi connectivity index (χ3n) is 9.15. The van der Waals surface area contributed by atoms with Gasteiger partial charge in [-0.15, -0.1) is 0 Å². The second kappa shape index (κ2) is 20.2. The minimum Gasteiger partial charge on any atom is -0.494 e. The lowest BCUT2D eigenvalue weighted by atomic mass is 9.90. The first-order valence-corrected chi connectivity index (χ1v) is 19.1. The van der Waals surface area contributed by atoms with Crippen LogP contribution in [0.25, 0.3) is 0 Å². The van der Waals surface area contributed by atoms with Gasteiger partial charge in [0.05, 0.1) is 87.0 Å². The van der Waals surface area contributed by atoms with Crippen LogP contribution in [0.5, 0.6) is 11.5 Å². The van der Waals surface area contributed by atoms with Gasteiger partial charge in [-0.1, -0.05) is 13.8 Å². The Labute approximate surface area is 324 Å². The molecule has 2 aliphatic heterocycles. The molecule has 12 nitrogen and oxygen atoms in total. The van der Waals surface area contributed by atoms with Crippen molar-refractivity contribution in [3.8, 4) is 11.5 Å². The summed E-state index contributed by atoms with van der Waals surface area (Å²) in [6, 6.07) is 28.4. The minimum absolute atomic E-state index is 0.198. The highest BCUT2D eigenvalue weighted by molar-refractivity contribution is 5.54. The molecule has 2 saturated heterocycles. The fraction of sp³-hybridized carbons (Fsp3) is 0.442. The van der Waals surface area contributed by atoms with Crippen LogP contribution in [-0.4, -0.2) is 66.1 Å². The van der Waals surface area contributed by atoms with Gasteiger partial charge in [-0.25, -0.2) is 0 Å². The van der Waals surface area contributed by atoms with E-state index in [2.05, 4.69) is 44.5 Å². The molecule has 0 aromatic heterocycles. The van der Waals surface area contributed by atoms with Gasteiger partial charge >= 0.3 is 0 Å². The smallest absolute Gasteiger partial charge is 0.119 e. The summed E-state index contributed by atoms with van der Waals surface area (Å²) in [5.74, 6) is 1.62. The molecule has 0 saturated carbocycles. The van der Waals surface area contributed by atoms with Crippen LogP contribution in [0, 0.1) is 17.8 Å². The molecule has 0 radical (unpaired) electrons. The highest BCUT2D eigenvalue weighted by atomic mass is 16.5. The molecule has 12 heteroatoms. The molecule has 4 aromatic rings. The summed E-state index contributed by atoms with van der Waals surface area (Å²) < 4.78 is 33.8. The molecule has 0 spiro atoms. The first-order chi connectivity index (χ1) is 26.8. The predicted octanol–water partition coefficient (Wildman–Crippen LogP) is 11.7. The number of azo groups is 3. The molecule has 2 aliphatic rings. The van der Waals surface area contributed by atoms with Gasteiger partial charge in [-0.05, 0) is 129 Å². The molecule has 0 bridgehead atoms. The quantitative estimate of drug-likeness (QED) is 0.0581. The minimum atomic E-state index is 0.198. The Bertz CT molecular complexity index is 1860. The van der Waals surface area contributed by atoms with Gasteiger partial charge in [0.15, 0.2) is 0 Å². The Morgan fingerprint density at radius 3 is 1.24 bits per heavy atom. The molecule has 55 heavy (non-hydrogen) atoms. The zero-order chi connectivity index (χ0) is 38.2. The Hall–Kier alpha value is -4.88. The van der Waals surface area contributed by atoms with Gasteiger partial charge in [0.2, 0.25) is 0 Å². The Morgan fingerprint density at radius 1 is 0.473 bits per heavy atom. The largest absolute Gasteiger partial charge is 0.494 e. The van der Waals surface area contributed by atoms with Crippen molar-refractivity contribution in [1.82, 2.24) is 0 Å². The van der Waals surface area contributed by atoms with E-state index in [1.165, 1.54) is 0 Å². The number of ether oxygens (including phenoxy) is 6. The number of hydrogen-bond donors (Lipinski definition) is 0. The predicted molar refractivity (Wildman–Crippen MR) is 212 cm³/mol. The summed E-state index contributed by atoms with van der Waals surface area (Å²) >= 11 is 0. The van der Waals surface area contributed by atoms with E-state index in [0.717, 1.165) is 124 Å². The molecule has 0 aliphatic carbocycles. The maximum atomic E-state index is 5.87. The van der Waals surface area contributed by atoms with E-state index in [0.29, 0.717) is 18.9 Å². The third-order valence-corrected chi connectivity index (χ3v) is 9.15. The van der Waals surface area contributed by atoms with Crippen molar-refractivity contribution < 1.29 is 28.4 Å². The van der Waals surface area contributed by atoms with E-state index < -0.39 is 0 Å². The lowest BCUT2D eigenvalue weighted by Gasteiger charge is -2.37. The van der Waals surface area contributed by atoms with Crippen molar-refractivity contribution in [2.24, 2.45) is 41.5 Å². The van der Waals surface area contributed by atoms with Crippen molar-refractivity contribution in [1.29, 1.82) is 0 Å². The molecule has 0 atom stereocenters. The maximum absolute atomic E-state index is 5.87.